The summed E-state index contributed by atoms with van der Waals surface area (Å²) in [6, 6.07) is 0.458. The fourth-order valence-electron chi connectivity index (χ4n) is 3.11. The highest BCUT2D eigenvalue weighted by Gasteiger charge is 2.41. The van der Waals surface area contributed by atoms with Gasteiger partial charge in [0, 0.05) is 16.8 Å². The number of aliphatic hydroxyl groups excluding tert-OH is 1. The van der Waals surface area contributed by atoms with E-state index in [-0.39, 0.29) is 5.54 Å². The van der Waals surface area contributed by atoms with Crippen LogP contribution < -0.4 is 5.32 Å². The van der Waals surface area contributed by atoms with Crippen molar-refractivity contribution in [1.82, 2.24) is 5.32 Å². The molecule has 1 aliphatic carbocycles. The van der Waals surface area contributed by atoms with Crippen molar-refractivity contribution in [2.24, 2.45) is 5.92 Å². The van der Waals surface area contributed by atoms with Crippen molar-refractivity contribution in [3.05, 3.63) is 0 Å². The van der Waals surface area contributed by atoms with Gasteiger partial charge in [0.25, 0.3) is 0 Å². The van der Waals surface area contributed by atoms with Crippen molar-refractivity contribution in [3.63, 3.8) is 0 Å². The van der Waals surface area contributed by atoms with Crippen LogP contribution >= 0.6 is 11.8 Å². The van der Waals surface area contributed by atoms with Crippen molar-refractivity contribution in [2.45, 2.75) is 76.6 Å². The molecule has 18 heavy (non-hydrogen) atoms. The Hall–Kier alpha value is 0.270. The van der Waals surface area contributed by atoms with Gasteiger partial charge in [-0.25, -0.2) is 0 Å². The topological polar surface area (TPSA) is 32.3 Å². The molecule has 2 N–H and O–H groups in total. The van der Waals surface area contributed by atoms with Crippen LogP contribution in [0.15, 0.2) is 0 Å². The number of hydrogen-bond acceptors (Lipinski definition) is 3. The summed E-state index contributed by atoms with van der Waals surface area (Å²) in [5, 5.41) is 14.2. The Labute approximate surface area is 117 Å². The molecule has 0 amide bonds. The lowest BCUT2D eigenvalue weighted by Crippen LogP contribution is -2.54. The minimum atomic E-state index is 0.00415. The van der Waals surface area contributed by atoms with E-state index in [1.165, 1.54) is 31.4 Å². The van der Waals surface area contributed by atoms with Gasteiger partial charge in [0.2, 0.25) is 0 Å². The van der Waals surface area contributed by atoms with Gasteiger partial charge in [0.05, 0.1) is 6.61 Å². The van der Waals surface area contributed by atoms with E-state index in [4.69, 9.17) is 0 Å². The van der Waals surface area contributed by atoms with Crippen LogP contribution in [0.5, 0.6) is 0 Å². The van der Waals surface area contributed by atoms with Crippen LogP contribution in [0, 0.1) is 5.92 Å². The summed E-state index contributed by atoms with van der Waals surface area (Å²) in [7, 11) is 0. The fraction of sp³-hybridized carbons (Fsp3) is 1.00. The largest absolute Gasteiger partial charge is 0.394 e. The lowest BCUT2D eigenvalue weighted by molar-refractivity contribution is 0.113. The number of hydrogen-bond donors (Lipinski definition) is 2. The van der Waals surface area contributed by atoms with Crippen LogP contribution in [0.25, 0.3) is 0 Å². The predicted molar refractivity (Wildman–Crippen MR) is 82.3 cm³/mol. The van der Waals surface area contributed by atoms with Gasteiger partial charge in [-0.2, -0.15) is 11.8 Å². The fourth-order valence-corrected chi connectivity index (χ4v) is 4.17. The predicted octanol–water partition coefficient (Wildman–Crippen LogP) is 3.44. The zero-order valence-electron chi connectivity index (χ0n) is 12.5. The first-order valence-corrected chi connectivity index (χ1v) is 8.59. The summed E-state index contributed by atoms with van der Waals surface area (Å²) in [5.74, 6) is 1.89. The summed E-state index contributed by atoms with van der Waals surface area (Å²) >= 11 is 2.08. The summed E-state index contributed by atoms with van der Waals surface area (Å²) < 4.78 is 0. The van der Waals surface area contributed by atoms with Gasteiger partial charge in [0.1, 0.15) is 0 Å². The monoisotopic (exact) mass is 273 g/mol. The first kappa shape index (κ1) is 16.3. The van der Waals surface area contributed by atoms with Gasteiger partial charge in [-0.3, -0.25) is 0 Å². The minimum absolute atomic E-state index is 0.00415. The maximum atomic E-state index is 9.82. The zero-order valence-corrected chi connectivity index (χ0v) is 13.4. The van der Waals surface area contributed by atoms with Gasteiger partial charge in [-0.15, -0.1) is 0 Å². The van der Waals surface area contributed by atoms with Gasteiger partial charge in [-0.1, -0.05) is 34.1 Å². The Morgan fingerprint density at radius 1 is 1.39 bits per heavy atom. The van der Waals surface area contributed by atoms with Gasteiger partial charge in [0.15, 0.2) is 0 Å². The molecule has 1 aliphatic rings. The molecular formula is C15H31NOS. The third-order valence-electron chi connectivity index (χ3n) is 4.26. The van der Waals surface area contributed by atoms with Crippen molar-refractivity contribution in [3.8, 4) is 0 Å². The molecule has 1 rings (SSSR count). The van der Waals surface area contributed by atoms with Gasteiger partial charge < -0.3 is 10.4 Å². The smallest absolute Gasteiger partial charge is 0.0616 e. The molecule has 0 radical (unpaired) electrons. The highest BCUT2D eigenvalue weighted by molar-refractivity contribution is 7.99. The third kappa shape index (κ3) is 4.43. The molecule has 1 fully saturated rings. The molecule has 3 heteroatoms. The first-order chi connectivity index (χ1) is 8.54. The Bertz CT molecular complexity index is 235. The number of aliphatic hydroxyl groups is 1. The maximum absolute atomic E-state index is 9.82. The van der Waals surface area contributed by atoms with E-state index < -0.39 is 0 Å². The second kappa shape index (κ2) is 7.76. The van der Waals surface area contributed by atoms with Gasteiger partial charge in [-0.05, 0) is 37.4 Å². The van der Waals surface area contributed by atoms with E-state index in [0.717, 1.165) is 11.7 Å². The van der Waals surface area contributed by atoms with Crippen LogP contribution in [0.3, 0.4) is 0 Å². The molecule has 0 saturated heterocycles. The highest BCUT2D eigenvalue weighted by Crippen LogP contribution is 2.39. The first-order valence-electron chi connectivity index (χ1n) is 7.54. The average Bonchev–Trinajstić information content (AvgIpc) is 2.72. The number of thioether (sulfide) groups is 1. The molecule has 0 aromatic heterocycles. The van der Waals surface area contributed by atoms with Gasteiger partial charge >= 0.3 is 0 Å². The molecule has 0 heterocycles. The SMILES string of the molecule is CCC(C)SCCC1CCCC1(CO)NC(C)C. The Morgan fingerprint density at radius 3 is 2.67 bits per heavy atom. The molecule has 3 atom stereocenters. The molecule has 0 aliphatic heterocycles. The van der Waals surface area contributed by atoms with Crippen LogP contribution in [0.2, 0.25) is 0 Å². The Morgan fingerprint density at radius 2 is 2.11 bits per heavy atom. The van der Waals surface area contributed by atoms with E-state index in [0.29, 0.717) is 18.6 Å². The normalized spacial score (nSPS) is 30.0. The molecular weight excluding hydrogens is 242 g/mol. The van der Waals surface area contributed by atoms with E-state index >= 15 is 0 Å². The number of nitrogens with one attached hydrogen (secondary N) is 1. The lowest BCUT2D eigenvalue weighted by atomic mass is 9.85. The highest BCUT2D eigenvalue weighted by atomic mass is 32.2. The molecule has 3 unspecified atom stereocenters. The minimum Gasteiger partial charge on any atom is -0.394 e. The summed E-state index contributed by atoms with van der Waals surface area (Å²) in [4.78, 5) is 0. The van der Waals surface area contributed by atoms with Crippen molar-refractivity contribution >= 4 is 11.8 Å². The maximum Gasteiger partial charge on any atom is 0.0616 e. The Kier molecular flexibility index (Phi) is 7.04. The standard InChI is InChI=1S/C15H31NOS/c1-5-13(4)18-10-8-14-7-6-9-15(14,11-17)16-12(2)3/h12-14,16-17H,5-11H2,1-4H3. The van der Waals surface area contributed by atoms with Crippen LogP contribution in [-0.4, -0.2) is 34.3 Å². The second-order valence-electron chi connectivity index (χ2n) is 6.08. The van der Waals surface area contributed by atoms with E-state index in [1.807, 2.05) is 0 Å². The van der Waals surface area contributed by atoms with Crippen molar-refractivity contribution < 1.29 is 5.11 Å². The molecule has 0 spiro atoms. The van der Waals surface area contributed by atoms with Crippen LogP contribution in [-0.2, 0) is 0 Å². The van der Waals surface area contributed by atoms with E-state index in [2.05, 4.69) is 44.8 Å². The lowest BCUT2D eigenvalue weighted by Gasteiger charge is -2.37. The summed E-state index contributed by atoms with van der Waals surface area (Å²) in [5.41, 5.74) is 0.00415. The van der Waals surface area contributed by atoms with Crippen LogP contribution in [0.1, 0.15) is 59.8 Å². The van der Waals surface area contributed by atoms with Crippen LogP contribution in [0.4, 0.5) is 0 Å². The van der Waals surface area contributed by atoms with Crippen molar-refractivity contribution in [2.75, 3.05) is 12.4 Å². The molecule has 0 bridgehead atoms. The zero-order chi connectivity index (χ0) is 13.6. The Balaban J connectivity index is 2.46. The molecule has 108 valence electrons. The van der Waals surface area contributed by atoms with E-state index in [9.17, 15) is 5.11 Å². The quantitative estimate of drug-likeness (QED) is 0.710. The third-order valence-corrected chi connectivity index (χ3v) is 5.63. The van der Waals surface area contributed by atoms with E-state index in [1.54, 1.807) is 0 Å². The second-order valence-corrected chi connectivity index (χ2v) is 7.63. The summed E-state index contributed by atoms with van der Waals surface area (Å²) in [6.45, 7) is 9.22. The van der Waals surface area contributed by atoms with Crippen molar-refractivity contribution in [1.29, 1.82) is 0 Å². The average molecular weight is 273 g/mol. The molecule has 0 aromatic rings. The molecule has 2 nitrogen and oxygen atoms in total. The molecule has 0 aromatic carbocycles. The summed E-state index contributed by atoms with van der Waals surface area (Å²) in [6.07, 6.45) is 6.18. The molecule has 1 saturated carbocycles. The number of rotatable bonds is 8.